The predicted molar refractivity (Wildman–Crippen MR) is 122 cm³/mol. The highest BCUT2D eigenvalue weighted by Gasteiger charge is 2.36. The standard InChI is InChI=1S/C22H13Cl2NO2S2/c23-15-5-9-17(10-6-15)25-21(26)20(29-22(25)27)13-14-3-1-2-4-19(14)28-18-11-7-16(24)8-12-18/h1-13H/b20-13-. The average molecular weight is 458 g/mol. The van der Waals surface area contributed by atoms with Crippen molar-refractivity contribution < 1.29 is 9.59 Å². The molecule has 0 aromatic heterocycles. The Morgan fingerprint density at radius 1 is 0.828 bits per heavy atom. The van der Waals surface area contributed by atoms with E-state index >= 15 is 0 Å². The Kier molecular flexibility index (Phi) is 6.01. The van der Waals surface area contributed by atoms with E-state index in [1.807, 2.05) is 48.5 Å². The summed E-state index contributed by atoms with van der Waals surface area (Å²) in [6.07, 6.45) is 1.76. The predicted octanol–water partition coefficient (Wildman–Crippen LogP) is 7.39. The number of hydrogen-bond donors (Lipinski definition) is 0. The molecule has 1 aliphatic heterocycles. The van der Waals surface area contributed by atoms with Crippen molar-refractivity contribution in [3.8, 4) is 0 Å². The van der Waals surface area contributed by atoms with Crippen molar-refractivity contribution in [2.75, 3.05) is 4.90 Å². The first kappa shape index (κ1) is 20.1. The van der Waals surface area contributed by atoms with Crippen LogP contribution in [0, 0.1) is 0 Å². The number of amides is 2. The number of rotatable bonds is 4. The summed E-state index contributed by atoms with van der Waals surface area (Å²) in [6.45, 7) is 0. The van der Waals surface area contributed by atoms with Gasteiger partial charge in [0, 0.05) is 19.8 Å². The number of carbonyl (C=O) groups is 2. The van der Waals surface area contributed by atoms with Gasteiger partial charge in [-0.15, -0.1) is 0 Å². The van der Waals surface area contributed by atoms with E-state index in [-0.39, 0.29) is 11.1 Å². The van der Waals surface area contributed by atoms with E-state index in [4.69, 9.17) is 23.2 Å². The number of hydrogen-bond acceptors (Lipinski definition) is 4. The molecule has 1 aliphatic rings. The van der Waals surface area contributed by atoms with E-state index in [0.717, 1.165) is 27.1 Å². The summed E-state index contributed by atoms with van der Waals surface area (Å²) in [5.74, 6) is -0.339. The highest BCUT2D eigenvalue weighted by atomic mass is 35.5. The summed E-state index contributed by atoms with van der Waals surface area (Å²) in [5, 5.41) is 0.898. The van der Waals surface area contributed by atoms with E-state index < -0.39 is 0 Å². The first-order chi connectivity index (χ1) is 14.0. The molecule has 0 aliphatic carbocycles. The van der Waals surface area contributed by atoms with Gasteiger partial charge >= 0.3 is 0 Å². The fourth-order valence-electron chi connectivity index (χ4n) is 2.74. The molecule has 7 heteroatoms. The summed E-state index contributed by atoms with van der Waals surface area (Å²) in [4.78, 5) is 28.9. The Morgan fingerprint density at radius 2 is 1.45 bits per heavy atom. The van der Waals surface area contributed by atoms with Crippen LogP contribution < -0.4 is 4.90 Å². The van der Waals surface area contributed by atoms with Crippen LogP contribution >= 0.6 is 46.7 Å². The van der Waals surface area contributed by atoms with E-state index in [9.17, 15) is 9.59 Å². The highest BCUT2D eigenvalue weighted by Crippen LogP contribution is 2.38. The van der Waals surface area contributed by atoms with Crippen molar-refractivity contribution in [3.63, 3.8) is 0 Å². The van der Waals surface area contributed by atoms with E-state index in [1.165, 1.54) is 4.90 Å². The van der Waals surface area contributed by atoms with Crippen LogP contribution in [0.15, 0.2) is 87.5 Å². The van der Waals surface area contributed by atoms with Crippen LogP contribution in [0.2, 0.25) is 10.0 Å². The molecule has 1 saturated heterocycles. The van der Waals surface area contributed by atoms with Crippen LogP contribution in [-0.2, 0) is 4.79 Å². The smallest absolute Gasteiger partial charge is 0.268 e. The van der Waals surface area contributed by atoms with E-state index in [0.29, 0.717) is 20.6 Å². The molecule has 1 fully saturated rings. The molecule has 2 amide bonds. The molecule has 0 bridgehead atoms. The first-order valence-electron chi connectivity index (χ1n) is 8.57. The molecule has 0 saturated carbocycles. The van der Waals surface area contributed by atoms with E-state index in [1.54, 1.807) is 42.1 Å². The number of nitrogens with zero attached hydrogens (tertiary/aromatic N) is 1. The molecule has 3 aromatic carbocycles. The lowest BCUT2D eigenvalue weighted by Crippen LogP contribution is -2.27. The molecule has 3 aromatic rings. The van der Waals surface area contributed by atoms with Gasteiger partial charge in [-0.2, -0.15) is 0 Å². The van der Waals surface area contributed by atoms with Crippen LogP contribution in [0.25, 0.3) is 6.08 Å². The largest absolute Gasteiger partial charge is 0.298 e. The fraction of sp³-hybridized carbons (Fsp3) is 0. The van der Waals surface area contributed by atoms with Gasteiger partial charge in [-0.1, -0.05) is 53.2 Å². The van der Waals surface area contributed by atoms with Crippen LogP contribution in [-0.4, -0.2) is 11.1 Å². The minimum atomic E-state index is -0.339. The topological polar surface area (TPSA) is 37.4 Å². The summed E-state index contributed by atoms with van der Waals surface area (Å²) in [5.41, 5.74) is 1.37. The molecular formula is C22H13Cl2NO2S2. The molecule has 0 spiro atoms. The Bertz CT molecular complexity index is 1110. The lowest BCUT2D eigenvalue weighted by atomic mass is 10.2. The third-order valence-corrected chi connectivity index (χ3v) is 6.60. The number of benzene rings is 3. The van der Waals surface area contributed by atoms with Gasteiger partial charge in [-0.05, 0) is 78.0 Å². The Hall–Kier alpha value is -2.18. The second-order valence-corrected chi connectivity index (χ2v) is 9.07. The third kappa shape index (κ3) is 4.54. The lowest BCUT2D eigenvalue weighted by Gasteiger charge is -2.12. The van der Waals surface area contributed by atoms with Crippen LogP contribution in [0.3, 0.4) is 0 Å². The number of anilines is 1. The zero-order valence-corrected chi connectivity index (χ0v) is 18.0. The second kappa shape index (κ2) is 8.67. The zero-order valence-electron chi connectivity index (χ0n) is 14.8. The normalized spacial score (nSPS) is 15.4. The van der Waals surface area contributed by atoms with E-state index in [2.05, 4.69) is 0 Å². The Morgan fingerprint density at radius 3 is 2.14 bits per heavy atom. The molecule has 29 heavy (non-hydrogen) atoms. The Labute approximate surface area is 186 Å². The van der Waals surface area contributed by atoms with Gasteiger partial charge in [0.15, 0.2) is 0 Å². The second-order valence-electron chi connectivity index (χ2n) is 6.09. The molecule has 3 nitrogen and oxygen atoms in total. The van der Waals surface area contributed by atoms with Crippen molar-refractivity contribution in [2.45, 2.75) is 9.79 Å². The minimum absolute atomic E-state index is 0.327. The third-order valence-electron chi connectivity index (χ3n) is 4.13. The monoisotopic (exact) mass is 457 g/mol. The molecule has 0 radical (unpaired) electrons. The Balaban J connectivity index is 1.63. The summed E-state index contributed by atoms with van der Waals surface area (Å²) in [7, 11) is 0. The van der Waals surface area contributed by atoms with Crippen LogP contribution in [0.1, 0.15) is 5.56 Å². The zero-order chi connectivity index (χ0) is 20.4. The van der Waals surface area contributed by atoms with Crippen molar-refractivity contribution in [2.24, 2.45) is 0 Å². The van der Waals surface area contributed by atoms with Crippen molar-refractivity contribution >= 4 is 69.6 Å². The van der Waals surface area contributed by atoms with Gasteiger partial charge in [0.05, 0.1) is 10.6 Å². The summed E-state index contributed by atoms with van der Waals surface area (Å²) in [6, 6.07) is 21.9. The van der Waals surface area contributed by atoms with Gasteiger partial charge in [0.25, 0.3) is 11.1 Å². The molecule has 0 unspecified atom stereocenters. The van der Waals surface area contributed by atoms with Crippen LogP contribution in [0.4, 0.5) is 10.5 Å². The molecule has 0 atom stereocenters. The molecule has 4 rings (SSSR count). The summed E-state index contributed by atoms with van der Waals surface area (Å²) < 4.78 is 0. The fourth-order valence-corrected chi connectivity index (χ4v) is 4.75. The van der Waals surface area contributed by atoms with Crippen molar-refractivity contribution in [1.82, 2.24) is 0 Å². The highest BCUT2D eigenvalue weighted by molar-refractivity contribution is 8.19. The molecule has 144 valence electrons. The first-order valence-corrected chi connectivity index (χ1v) is 11.0. The lowest BCUT2D eigenvalue weighted by molar-refractivity contribution is -0.113. The number of carbonyl (C=O) groups excluding carboxylic acids is 2. The van der Waals surface area contributed by atoms with Crippen molar-refractivity contribution in [3.05, 3.63) is 93.3 Å². The quantitative estimate of drug-likeness (QED) is 0.382. The average Bonchev–Trinajstić information content (AvgIpc) is 2.99. The maximum atomic E-state index is 12.9. The molecular weight excluding hydrogens is 445 g/mol. The number of halogens is 2. The van der Waals surface area contributed by atoms with Gasteiger partial charge < -0.3 is 0 Å². The van der Waals surface area contributed by atoms with Gasteiger partial charge in [0.1, 0.15) is 0 Å². The summed E-state index contributed by atoms with van der Waals surface area (Å²) >= 11 is 14.4. The van der Waals surface area contributed by atoms with Crippen molar-refractivity contribution in [1.29, 1.82) is 0 Å². The maximum Gasteiger partial charge on any atom is 0.298 e. The van der Waals surface area contributed by atoms with Gasteiger partial charge in [0.2, 0.25) is 0 Å². The molecule has 1 heterocycles. The number of imide groups is 1. The van der Waals surface area contributed by atoms with Crippen LogP contribution in [0.5, 0.6) is 0 Å². The maximum absolute atomic E-state index is 12.9. The SMILES string of the molecule is O=C1S/C(=C\c2ccccc2Sc2ccc(Cl)cc2)C(=O)N1c1ccc(Cl)cc1. The molecule has 0 N–H and O–H groups in total. The number of thioether (sulfide) groups is 1. The van der Waals surface area contributed by atoms with Gasteiger partial charge in [-0.25, -0.2) is 4.90 Å². The van der Waals surface area contributed by atoms with Gasteiger partial charge in [-0.3, -0.25) is 9.59 Å². The minimum Gasteiger partial charge on any atom is -0.268 e.